The average Bonchev–Trinajstić information content (AvgIpc) is 3.01. The van der Waals surface area contributed by atoms with Crippen molar-refractivity contribution >= 4 is 17.2 Å². The first-order valence-electron chi connectivity index (χ1n) is 9.74. The summed E-state index contributed by atoms with van der Waals surface area (Å²) in [5, 5.41) is 13.1. The van der Waals surface area contributed by atoms with Gasteiger partial charge >= 0.3 is 0 Å². The van der Waals surface area contributed by atoms with Gasteiger partial charge in [-0.05, 0) is 36.5 Å². The molecular formula is C23H26FNO3. The number of nitrogens with one attached hydrogen (secondary N) is 1. The highest BCUT2D eigenvalue weighted by Gasteiger charge is 2.29. The van der Waals surface area contributed by atoms with Crippen molar-refractivity contribution in [3.63, 3.8) is 0 Å². The van der Waals surface area contributed by atoms with E-state index in [0.717, 1.165) is 12.0 Å². The van der Waals surface area contributed by atoms with Crippen LogP contribution in [0.25, 0.3) is 16.7 Å². The van der Waals surface area contributed by atoms with E-state index in [9.17, 15) is 14.4 Å². The number of halogens is 1. The fourth-order valence-corrected chi connectivity index (χ4v) is 3.68. The van der Waals surface area contributed by atoms with E-state index in [4.69, 9.17) is 0 Å². The third kappa shape index (κ3) is 3.88. The number of allylic oxidation sites excluding steroid dienone is 1. The number of hydrogen-bond donors (Lipinski definition) is 2. The number of carbonyl (C=O) groups is 1. The first kappa shape index (κ1) is 19.9. The van der Waals surface area contributed by atoms with Gasteiger partial charge < -0.3 is 10.4 Å². The Balaban J connectivity index is 1.91. The van der Waals surface area contributed by atoms with Crippen molar-refractivity contribution in [2.45, 2.75) is 52.4 Å². The molecule has 2 aromatic carbocycles. The van der Waals surface area contributed by atoms with Gasteiger partial charge in [-0.3, -0.25) is 9.74 Å². The summed E-state index contributed by atoms with van der Waals surface area (Å²) in [4.78, 5) is 15.9. The number of unbranched alkanes of at least 4 members (excludes halogenated alkanes) is 2. The molecule has 5 heteroatoms. The molecule has 0 saturated heterocycles. The average molecular weight is 383 g/mol. The molecule has 28 heavy (non-hydrogen) atoms. The highest BCUT2D eigenvalue weighted by molar-refractivity contribution is 6.32. The van der Waals surface area contributed by atoms with Crippen LogP contribution in [-0.4, -0.2) is 11.0 Å². The number of aromatic hydroxyl groups is 1. The van der Waals surface area contributed by atoms with Gasteiger partial charge in [0.25, 0.3) is 5.91 Å². The molecule has 0 saturated carbocycles. The van der Waals surface area contributed by atoms with Gasteiger partial charge in [0.1, 0.15) is 5.75 Å². The van der Waals surface area contributed by atoms with Crippen molar-refractivity contribution in [1.82, 2.24) is 0 Å². The number of amides is 1. The molecule has 1 aliphatic rings. The molecule has 1 aliphatic heterocycles. The summed E-state index contributed by atoms with van der Waals surface area (Å²) in [5.41, 5.74) is 3.79. The van der Waals surface area contributed by atoms with Gasteiger partial charge in [-0.25, -0.2) is 0 Å². The number of phenolic OH excluding ortho intramolecular Hbond substituents is 1. The Morgan fingerprint density at radius 1 is 1.18 bits per heavy atom. The molecule has 2 aromatic rings. The maximum atomic E-state index is 12.7. The van der Waals surface area contributed by atoms with Crippen molar-refractivity contribution < 1.29 is 19.4 Å². The fourth-order valence-electron chi connectivity index (χ4n) is 3.68. The number of phenols is 1. The van der Waals surface area contributed by atoms with Gasteiger partial charge in [-0.2, -0.15) is 0 Å². The van der Waals surface area contributed by atoms with Gasteiger partial charge in [0.05, 0.1) is 11.3 Å². The number of benzene rings is 2. The molecule has 148 valence electrons. The second-order valence-corrected chi connectivity index (χ2v) is 7.40. The largest absolute Gasteiger partial charge is 0.507 e. The zero-order valence-corrected chi connectivity index (χ0v) is 16.5. The summed E-state index contributed by atoms with van der Waals surface area (Å²) in [6.07, 6.45) is 4.83. The lowest BCUT2D eigenvalue weighted by Crippen LogP contribution is -2.05. The smallest absolute Gasteiger partial charge is 0.259 e. The Morgan fingerprint density at radius 2 is 1.89 bits per heavy atom. The number of fused-ring (bicyclic) bond motifs is 1. The minimum Gasteiger partial charge on any atom is -0.507 e. The molecule has 0 unspecified atom stereocenters. The topological polar surface area (TPSA) is 58.6 Å². The lowest BCUT2D eigenvalue weighted by atomic mass is 9.92. The number of anilines is 1. The summed E-state index contributed by atoms with van der Waals surface area (Å²) >= 11 is 0. The molecule has 1 heterocycles. The molecular weight excluding hydrogens is 357 g/mol. The first-order valence-corrected chi connectivity index (χ1v) is 9.74. The standard InChI is InChI=1S/C23H26FNO3/c1-4-5-6-7-14(2)16-8-10-17(11-9-16)18-12-19-20(13-21(18)26)25-23(27)22(19)15(3)28-24/h8-14,26H,4-7H2,1-3H3,(H,25,27)/b22-15+/t14-/m1/s1. The summed E-state index contributed by atoms with van der Waals surface area (Å²) in [5.74, 6) is -0.0140. The fraction of sp³-hybridized carbons (Fsp3) is 0.348. The van der Waals surface area contributed by atoms with E-state index >= 15 is 0 Å². The monoisotopic (exact) mass is 383 g/mol. The Hall–Kier alpha value is -2.82. The van der Waals surface area contributed by atoms with E-state index in [2.05, 4.69) is 36.2 Å². The number of rotatable bonds is 7. The molecule has 2 N–H and O–H groups in total. The zero-order valence-electron chi connectivity index (χ0n) is 16.5. The molecule has 0 fully saturated rings. The summed E-state index contributed by atoms with van der Waals surface area (Å²) < 4.78 is 12.7. The zero-order chi connectivity index (χ0) is 20.3. The van der Waals surface area contributed by atoms with Gasteiger partial charge in [-0.15, -0.1) is 0 Å². The lowest BCUT2D eigenvalue weighted by Gasteiger charge is -2.13. The van der Waals surface area contributed by atoms with Crippen LogP contribution in [0.15, 0.2) is 42.2 Å². The van der Waals surface area contributed by atoms with Crippen molar-refractivity contribution in [2.24, 2.45) is 0 Å². The molecule has 0 spiro atoms. The maximum Gasteiger partial charge on any atom is 0.259 e. The summed E-state index contributed by atoms with van der Waals surface area (Å²) in [6.45, 7) is 5.82. The van der Waals surface area contributed by atoms with Gasteiger partial charge in [0.2, 0.25) is 0 Å². The maximum absolute atomic E-state index is 12.7. The second kappa shape index (κ2) is 8.46. The van der Waals surface area contributed by atoms with Crippen LogP contribution in [0.4, 0.5) is 10.2 Å². The van der Waals surface area contributed by atoms with Crippen LogP contribution in [0.2, 0.25) is 0 Å². The molecule has 0 bridgehead atoms. The molecule has 4 nitrogen and oxygen atoms in total. The van der Waals surface area contributed by atoms with Crippen LogP contribution in [0.3, 0.4) is 0 Å². The van der Waals surface area contributed by atoms with Crippen LogP contribution in [0.5, 0.6) is 5.75 Å². The van der Waals surface area contributed by atoms with Crippen molar-refractivity contribution in [3.8, 4) is 16.9 Å². The van der Waals surface area contributed by atoms with E-state index in [0.29, 0.717) is 22.7 Å². The van der Waals surface area contributed by atoms with E-state index in [1.54, 1.807) is 6.07 Å². The van der Waals surface area contributed by atoms with E-state index in [-0.39, 0.29) is 17.1 Å². The Kier molecular flexibility index (Phi) is 6.02. The van der Waals surface area contributed by atoms with E-state index in [1.165, 1.54) is 37.8 Å². The molecule has 1 atom stereocenters. The van der Waals surface area contributed by atoms with Gasteiger partial charge in [0.15, 0.2) is 5.76 Å². The normalized spacial score (nSPS) is 15.8. The van der Waals surface area contributed by atoms with Crippen LogP contribution in [0.1, 0.15) is 63.5 Å². The first-order chi connectivity index (χ1) is 13.5. The van der Waals surface area contributed by atoms with Crippen LogP contribution in [-0.2, 0) is 9.74 Å². The third-order valence-corrected chi connectivity index (χ3v) is 5.38. The summed E-state index contributed by atoms with van der Waals surface area (Å²) in [6, 6.07) is 11.3. The molecule has 1 amide bonds. The predicted octanol–water partition coefficient (Wildman–Crippen LogP) is 6.33. The van der Waals surface area contributed by atoms with Crippen molar-refractivity contribution in [3.05, 3.63) is 53.3 Å². The highest BCUT2D eigenvalue weighted by atomic mass is 19.3. The minimum absolute atomic E-state index is 0.0582. The molecule has 0 aromatic heterocycles. The molecule has 0 radical (unpaired) electrons. The second-order valence-electron chi connectivity index (χ2n) is 7.40. The molecule has 3 rings (SSSR count). The molecule has 0 aliphatic carbocycles. The van der Waals surface area contributed by atoms with E-state index in [1.807, 2.05) is 12.1 Å². The Bertz CT molecular complexity index is 903. The van der Waals surface area contributed by atoms with Crippen LogP contribution in [0, 0.1) is 0 Å². The number of carbonyl (C=O) groups excluding carboxylic acids is 1. The van der Waals surface area contributed by atoms with Crippen molar-refractivity contribution in [2.75, 3.05) is 5.32 Å². The van der Waals surface area contributed by atoms with Gasteiger partial charge in [-0.1, -0.05) is 57.4 Å². The minimum atomic E-state index is -0.446. The lowest BCUT2D eigenvalue weighted by molar-refractivity contribution is -0.112. The summed E-state index contributed by atoms with van der Waals surface area (Å²) in [7, 11) is 0. The SMILES string of the molecule is CCCCC[C@@H](C)c1ccc(-c2cc3c(cc2O)NC(=O)/C3=C(\C)OF)cc1. The van der Waals surface area contributed by atoms with E-state index < -0.39 is 5.91 Å². The van der Waals surface area contributed by atoms with Crippen LogP contribution >= 0.6 is 0 Å². The van der Waals surface area contributed by atoms with Gasteiger partial charge in [0, 0.05) is 21.7 Å². The quantitative estimate of drug-likeness (QED) is 0.334. The van der Waals surface area contributed by atoms with Crippen molar-refractivity contribution in [1.29, 1.82) is 0 Å². The van der Waals surface area contributed by atoms with Crippen LogP contribution < -0.4 is 5.32 Å². The predicted molar refractivity (Wildman–Crippen MR) is 110 cm³/mol. The Morgan fingerprint density at radius 3 is 2.54 bits per heavy atom. The third-order valence-electron chi connectivity index (χ3n) is 5.38. The number of hydrogen-bond acceptors (Lipinski definition) is 3. The highest BCUT2D eigenvalue weighted by Crippen LogP contribution is 2.42. The Labute approximate surface area is 164 Å².